The number of carboxylic acid groups (broad SMARTS) is 1. The third kappa shape index (κ3) is 3.58. The molecule has 1 heterocycles. The molecule has 1 aliphatic carbocycles. The molecule has 1 aliphatic heterocycles. The number of amides is 1. The third-order valence-corrected chi connectivity index (χ3v) is 5.50. The minimum absolute atomic E-state index is 0.0487. The molecule has 2 fully saturated rings. The summed E-state index contributed by atoms with van der Waals surface area (Å²) in [7, 11) is 0. The summed E-state index contributed by atoms with van der Waals surface area (Å²) < 4.78 is 0. The number of hydrogen-bond acceptors (Lipinski definition) is 2. The van der Waals surface area contributed by atoms with Crippen LogP contribution in [0.2, 0.25) is 0 Å². The molecule has 21 heavy (non-hydrogen) atoms. The predicted molar refractivity (Wildman–Crippen MR) is 82.0 cm³/mol. The van der Waals surface area contributed by atoms with Crippen molar-refractivity contribution in [2.24, 2.45) is 5.92 Å². The molecular weight excluding hydrogens is 266 g/mol. The van der Waals surface area contributed by atoms with Crippen LogP contribution in [0.1, 0.15) is 77.6 Å². The third-order valence-electron chi connectivity index (χ3n) is 5.50. The molecule has 4 heteroatoms. The summed E-state index contributed by atoms with van der Waals surface area (Å²) >= 11 is 0. The van der Waals surface area contributed by atoms with E-state index in [2.05, 4.69) is 0 Å². The predicted octanol–water partition coefficient (Wildman–Crippen LogP) is 3.59. The molecule has 2 rings (SSSR count). The molecule has 1 N–H and O–H groups in total. The van der Waals surface area contributed by atoms with Crippen LogP contribution in [0.4, 0.5) is 0 Å². The number of nitrogens with zero attached hydrogens (tertiary/aromatic N) is 1. The smallest absolute Gasteiger partial charge is 0.329 e. The molecule has 0 radical (unpaired) electrons. The van der Waals surface area contributed by atoms with Gasteiger partial charge in [-0.05, 0) is 38.0 Å². The van der Waals surface area contributed by atoms with Gasteiger partial charge in [0.2, 0.25) is 5.91 Å². The van der Waals surface area contributed by atoms with Gasteiger partial charge in [-0.3, -0.25) is 4.79 Å². The quantitative estimate of drug-likeness (QED) is 0.814. The van der Waals surface area contributed by atoms with E-state index in [1.54, 1.807) is 4.90 Å². The number of carbonyl (C=O) groups is 2. The van der Waals surface area contributed by atoms with E-state index in [9.17, 15) is 14.7 Å². The highest BCUT2D eigenvalue weighted by Crippen LogP contribution is 2.34. The minimum atomic E-state index is -0.929. The number of rotatable bonds is 6. The number of likely N-dealkylation sites (tertiary alicyclic amines) is 1. The summed E-state index contributed by atoms with van der Waals surface area (Å²) in [5.41, 5.74) is -0.929. The molecular formula is C17H29NO3. The maximum absolute atomic E-state index is 12.4. The van der Waals surface area contributed by atoms with Crippen LogP contribution in [0, 0.1) is 5.92 Å². The molecule has 0 spiro atoms. The van der Waals surface area contributed by atoms with E-state index in [-0.39, 0.29) is 5.91 Å². The van der Waals surface area contributed by atoms with E-state index in [0.29, 0.717) is 25.8 Å². The lowest BCUT2D eigenvalue weighted by molar-refractivity contribution is -0.156. The van der Waals surface area contributed by atoms with Gasteiger partial charge < -0.3 is 10.0 Å². The molecule has 0 aromatic carbocycles. The van der Waals surface area contributed by atoms with Gasteiger partial charge in [0, 0.05) is 13.0 Å². The summed E-state index contributed by atoms with van der Waals surface area (Å²) in [6, 6.07) is 0. The lowest BCUT2D eigenvalue weighted by atomic mass is 9.85. The van der Waals surface area contributed by atoms with Gasteiger partial charge in [-0.15, -0.1) is 0 Å². The fraction of sp³-hybridized carbons (Fsp3) is 0.882. The Hall–Kier alpha value is -1.06. The average Bonchev–Trinajstić information content (AvgIpc) is 2.93. The van der Waals surface area contributed by atoms with Crippen molar-refractivity contribution in [1.29, 1.82) is 0 Å². The maximum atomic E-state index is 12.4. The number of aliphatic carboxylic acids is 1. The zero-order valence-corrected chi connectivity index (χ0v) is 13.3. The van der Waals surface area contributed by atoms with Gasteiger partial charge in [0.25, 0.3) is 0 Å². The highest BCUT2D eigenvalue weighted by atomic mass is 16.4. The standard InChI is InChI=1S/C17H29NO3/c1-2-17(16(20)21)12-7-13-18(17)15(19)11-6-10-14-8-4-3-5-9-14/h14H,2-13H2,1H3,(H,20,21). The SMILES string of the molecule is CCC1(C(=O)O)CCCN1C(=O)CCCC1CCCCC1. The van der Waals surface area contributed by atoms with E-state index in [0.717, 1.165) is 25.2 Å². The summed E-state index contributed by atoms with van der Waals surface area (Å²) in [6.45, 7) is 2.49. The van der Waals surface area contributed by atoms with Gasteiger partial charge in [0.15, 0.2) is 0 Å². The summed E-state index contributed by atoms with van der Waals surface area (Å²) in [4.78, 5) is 25.7. The Morgan fingerprint density at radius 2 is 1.90 bits per heavy atom. The van der Waals surface area contributed by atoms with Gasteiger partial charge in [-0.25, -0.2) is 4.79 Å². The van der Waals surface area contributed by atoms with E-state index >= 15 is 0 Å². The first-order valence-electron chi connectivity index (χ1n) is 8.64. The number of carboxylic acids is 1. The van der Waals surface area contributed by atoms with Crippen LogP contribution in [0.3, 0.4) is 0 Å². The second kappa shape index (κ2) is 7.28. The van der Waals surface area contributed by atoms with Crippen LogP contribution in [-0.2, 0) is 9.59 Å². The lowest BCUT2D eigenvalue weighted by Crippen LogP contribution is -2.52. The normalized spacial score (nSPS) is 27.0. The van der Waals surface area contributed by atoms with Crippen LogP contribution in [0.25, 0.3) is 0 Å². The van der Waals surface area contributed by atoms with Crippen molar-refractivity contribution in [3.8, 4) is 0 Å². The molecule has 4 nitrogen and oxygen atoms in total. The zero-order chi connectivity index (χ0) is 15.3. The average molecular weight is 295 g/mol. The van der Waals surface area contributed by atoms with Crippen LogP contribution in [0.15, 0.2) is 0 Å². The largest absolute Gasteiger partial charge is 0.479 e. The monoisotopic (exact) mass is 295 g/mol. The molecule has 120 valence electrons. The van der Waals surface area contributed by atoms with E-state index < -0.39 is 11.5 Å². The van der Waals surface area contributed by atoms with Crippen molar-refractivity contribution in [3.63, 3.8) is 0 Å². The van der Waals surface area contributed by atoms with Crippen LogP contribution in [-0.4, -0.2) is 34.0 Å². The fourth-order valence-electron chi connectivity index (χ4n) is 4.14. The van der Waals surface area contributed by atoms with Crippen molar-refractivity contribution < 1.29 is 14.7 Å². The summed E-state index contributed by atoms with van der Waals surface area (Å²) in [5.74, 6) is 0.0104. The van der Waals surface area contributed by atoms with E-state index in [4.69, 9.17) is 0 Å². The Morgan fingerprint density at radius 1 is 1.19 bits per heavy atom. The van der Waals surface area contributed by atoms with Gasteiger partial charge in [-0.1, -0.05) is 39.0 Å². The van der Waals surface area contributed by atoms with Gasteiger partial charge in [0.05, 0.1) is 0 Å². The number of hydrogen-bond donors (Lipinski definition) is 1. The molecule has 0 aromatic rings. The minimum Gasteiger partial charge on any atom is -0.479 e. The fourth-order valence-corrected chi connectivity index (χ4v) is 4.14. The second-order valence-electron chi connectivity index (χ2n) is 6.74. The molecule has 1 unspecified atom stereocenters. The Labute approximate surface area is 127 Å². The summed E-state index contributed by atoms with van der Waals surface area (Å²) in [6.07, 6.45) is 11.2. The van der Waals surface area contributed by atoms with Crippen LogP contribution in [0.5, 0.6) is 0 Å². The molecule has 1 saturated carbocycles. The molecule has 2 aliphatic rings. The topological polar surface area (TPSA) is 57.6 Å². The molecule has 1 amide bonds. The zero-order valence-electron chi connectivity index (χ0n) is 13.3. The van der Waals surface area contributed by atoms with Crippen molar-refractivity contribution in [1.82, 2.24) is 4.90 Å². The Morgan fingerprint density at radius 3 is 2.52 bits per heavy atom. The maximum Gasteiger partial charge on any atom is 0.329 e. The lowest BCUT2D eigenvalue weighted by Gasteiger charge is -2.34. The Balaban J connectivity index is 1.83. The van der Waals surface area contributed by atoms with Crippen molar-refractivity contribution >= 4 is 11.9 Å². The first kappa shape index (κ1) is 16.3. The Kier molecular flexibility index (Phi) is 5.65. The van der Waals surface area contributed by atoms with Crippen molar-refractivity contribution in [2.75, 3.05) is 6.54 Å². The van der Waals surface area contributed by atoms with Crippen LogP contribution >= 0.6 is 0 Å². The molecule has 0 aromatic heterocycles. The molecule has 0 bridgehead atoms. The first-order valence-corrected chi connectivity index (χ1v) is 8.64. The summed E-state index contributed by atoms with van der Waals surface area (Å²) in [5, 5.41) is 9.52. The Bertz CT molecular complexity index is 376. The van der Waals surface area contributed by atoms with Crippen molar-refractivity contribution in [2.45, 2.75) is 83.1 Å². The van der Waals surface area contributed by atoms with Gasteiger partial charge >= 0.3 is 5.97 Å². The highest BCUT2D eigenvalue weighted by Gasteiger charge is 2.48. The highest BCUT2D eigenvalue weighted by molar-refractivity contribution is 5.87. The first-order chi connectivity index (χ1) is 10.1. The van der Waals surface area contributed by atoms with Gasteiger partial charge in [0.1, 0.15) is 5.54 Å². The molecule has 1 saturated heterocycles. The van der Waals surface area contributed by atoms with Crippen molar-refractivity contribution in [3.05, 3.63) is 0 Å². The van der Waals surface area contributed by atoms with E-state index in [1.807, 2.05) is 6.92 Å². The van der Waals surface area contributed by atoms with Crippen LogP contribution < -0.4 is 0 Å². The second-order valence-corrected chi connectivity index (χ2v) is 6.74. The molecule has 1 atom stereocenters. The number of carbonyl (C=O) groups excluding carboxylic acids is 1. The van der Waals surface area contributed by atoms with E-state index in [1.165, 1.54) is 32.1 Å². The van der Waals surface area contributed by atoms with Gasteiger partial charge in [-0.2, -0.15) is 0 Å².